The van der Waals surface area contributed by atoms with Crippen molar-refractivity contribution in [3.8, 4) is 5.75 Å². The number of carbonyl (C=O) groups excluding carboxylic acids is 4. The molecule has 12 nitrogen and oxygen atoms in total. The molecule has 2 aliphatic rings. The van der Waals surface area contributed by atoms with E-state index in [0.717, 1.165) is 41.4 Å². The number of cyclic esters (lactones) is 2. The Balaban J connectivity index is 0.000000245. The van der Waals surface area contributed by atoms with E-state index in [2.05, 4.69) is 14.7 Å². The van der Waals surface area contributed by atoms with Gasteiger partial charge in [0.15, 0.2) is 11.6 Å². The van der Waals surface area contributed by atoms with Crippen LogP contribution in [0.25, 0.3) is 21.8 Å². The Morgan fingerprint density at radius 3 is 1.53 bits per heavy atom. The van der Waals surface area contributed by atoms with E-state index < -0.39 is 29.8 Å². The van der Waals surface area contributed by atoms with Gasteiger partial charge in [-0.2, -0.15) is 0 Å². The van der Waals surface area contributed by atoms with Gasteiger partial charge in [-0.15, -0.1) is 0 Å². The predicted molar refractivity (Wildman–Crippen MR) is 182 cm³/mol. The van der Waals surface area contributed by atoms with Gasteiger partial charge in [0.25, 0.3) is 11.9 Å². The molecule has 0 bridgehead atoms. The fourth-order valence-electron chi connectivity index (χ4n) is 4.43. The van der Waals surface area contributed by atoms with E-state index in [1.54, 1.807) is 39.8 Å². The number of nitrogens with zero attached hydrogens (tertiary/aromatic N) is 2. The van der Waals surface area contributed by atoms with Crippen molar-refractivity contribution in [1.82, 2.24) is 9.97 Å². The highest BCUT2D eigenvalue weighted by Gasteiger charge is 2.38. The number of ketones is 2. The molecule has 1 aliphatic heterocycles. The number of benzene rings is 2. The van der Waals surface area contributed by atoms with Crippen LogP contribution in [0, 0.1) is 13.8 Å². The zero-order valence-electron chi connectivity index (χ0n) is 28.4. The molecule has 256 valence electrons. The summed E-state index contributed by atoms with van der Waals surface area (Å²) in [6.07, 6.45) is 0. The number of rotatable bonds is 1. The maximum absolute atomic E-state index is 12.2. The van der Waals surface area contributed by atoms with Gasteiger partial charge in [-0.1, -0.05) is 42.5 Å². The third-order valence-corrected chi connectivity index (χ3v) is 7.26. The number of phenolic OH excluding ortho intramolecular Hbond substituents is 1. The van der Waals surface area contributed by atoms with E-state index in [0.29, 0.717) is 33.5 Å². The minimum Gasteiger partial charge on any atom is -0.506 e. The van der Waals surface area contributed by atoms with Gasteiger partial charge < -0.3 is 20.1 Å². The van der Waals surface area contributed by atoms with E-state index in [4.69, 9.17) is 19.8 Å². The second-order valence-corrected chi connectivity index (χ2v) is 11.1. The molecule has 49 heavy (non-hydrogen) atoms. The molecule has 0 amide bonds. The minimum absolute atomic E-state index is 0.118. The number of aromatic nitrogens is 2. The molecule has 2 aromatic carbocycles. The second kappa shape index (κ2) is 17.2. The first-order valence-electron chi connectivity index (χ1n) is 14.9. The Bertz CT molecular complexity index is 1960. The van der Waals surface area contributed by atoms with Crippen LogP contribution in [0.3, 0.4) is 0 Å². The average molecular weight is 671 g/mol. The predicted octanol–water partition coefficient (Wildman–Crippen LogP) is 5.95. The summed E-state index contributed by atoms with van der Waals surface area (Å²) in [4.78, 5) is 72.2. The quantitative estimate of drug-likeness (QED) is 0.159. The number of fused-ring (bicyclic) bond motifs is 2. The van der Waals surface area contributed by atoms with Crippen molar-refractivity contribution >= 4 is 57.2 Å². The normalized spacial score (nSPS) is 13.8. The molecule has 0 fully saturated rings. The molecule has 3 heterocycles. The van der Waals surface area contributed by atoms with Gasteiger partial charge in [-0.3, -0.25) is 24.2 Å². The van der Waals surface area contributed by atoms with Gasteiger partial charge in [0, 0.05) is 41.5 Å². The van der Waals surface area contributed by atoms with E-state index >= 15 is 0 Å². The third-order valence-electron chi connectivity index (χ3n) is 7.26. The number of pyridine rings is 2. The van der Waals surface area contributed by atoms with Crippen LogP contribution in [-0.2, 0) is 33.5 Å². The summed E-state index contributed by atoms with van der Waals surface area (Å²) in [6.45, 7) is 12.6. The van der Waals surface area contributed by atoms with E-state index in [9.17, 15) is 24.3 Å². The zero-order valence-corrected chi connectivity index (χ0v) is 28.4. The van der Waals surface area contributed by atoms with Crippen molar-refractivity contribution in [2.75, 3.05) is 0 Å². The van der Waals surface area contributed by atoms with Crippen molar-refractivity contribution in [1.29, 1.82) is 0 Å². The number of aromatic hydroxyl groups is 1. The lowest BCUT2D eigenvalue weighted by molar-refractivity contribution is -0.151. The summed E-state index contributed by atoms with van der Waals surface area (Å²) in [5, 5.41) is 26.3. The number of hydrogen-bond donors (Lipinski definition) is 3. The number of allylic oxidation sites excluding steroid dienone is 2. The molecule has 4 aromatic rings. The number of carboxylic acid groups (broad SMARTS) is 2. The third kappa shape index (κ3) is 10.5. The minimum atomic E-state index is -0.833. The fourth-order valence-corrected chi connectivity index (χ4v) is 4.43. The highest BCUT2D eigenvalue weighted by Crippen LogP contribution is 2.32. The number of aliphatic carboxylic acids is 2. The monoisotopic (exact) mass is 670 g/mol. The number of carbonyl (C=O) groups is 6. The van der Waals surface area contributed by atoms with Crippen molar-refractivity contribution in [2.45, 2.75) is 61.3 Å². The summed E-state index contributed by atoms with van der Waals surface area (Å²) in [5.41, 5.74) is 6.01. The molecule has 12 heteroatoms. The first-order chi connectivity index (χ1) is 22.9. The number of carboxylic acids is 2. The second-order valence-electron chi connectivity index (χ2n) is 11.1. The van der Waals surface area contributed by atoms with E-state index in [-0.39, 0.29) is 17.3 Å². The Hall–Kier alpha value is -6.04. The molecule has 0 unspecified atom stereocenters. The molecule has 0 saturated carbocycles. The van der Waals surface area contributed by atoms with Gasteiger partial charge in [-0.05, 0) is 76.5 Å². The van der Waals surface area contributed by atoms with Gasteiger partial charge in [0.05, 0.1) is 11.2 Å². The van der Waals surface area contributed by atoms with Crippen LogP contribution in [-0.4, -0.2) is 60.7 Å². The van der Waals surface area contributed by atoms with Crippen LogP contribution >= 0.6 is 0 Å². The maximum atomic E-state index is 12.2. The first kappa shape index (κ1) is 39.1. The van der Waals surface area contributed by atoms with Crippen molar-refractivity contribution in [2.24, 2.45) is 0 Å². The van der Waals surface area contributed by atoms with E-state index in [1.807, 2.05) is 62.4 Å². The lowest BCUT2D eigenvalue weighted by atomic mass is 9.97. The molecule has 0 saturated heterocycles. The maximum Gasteiger partial charge on any atom is 0.342 e. The van der Waals surface area contributed by atoms with Crippen LogP contribution < -0.4 is 0 Å². The average Bonchev–Trinajstić information content (AvgIpc) is 3.37. The zero-order chi connectivity index (χ0) is 37.2. The van der Waals surface area contributed by atoms with E-state index in [1.165, 1.54) is 0 Å². The summed E-state index contributed by atoms with van der Waals surface area (Å²) >= 11 is 0. The standard InChI is InChI=1S/C17H15NO2.C10H9NO.C6H6O3.2C2H4O2/c1-9-5-4-6-12-7-8-13(18-15(9)12)14-16(19)10(2)11(3)17(14)20;1-7-5-6-8-3-2-4-9(12)10(8)11-7;1-3-4(2)6(8)9-5(3)7;2*1-2(3)4/h4-8,14H,1-3H3;2-6,12H,1H3;1-2H3;2*1H3,(H,3,4). The van der Waals surface area contributed by atoms with Gasteiger partial charge in [0.1, 0.15) is 17.2 Å². The number of phenols is 1. The Morgan fingerprint density at radius 2 is 1.06 bits per heavy atom. The number of Topliss-reactive ketones (excluding diaryl/α,β-unsaturated/α-hetero) is 2. The number of aryl methyl sites for hydroxylation is 2. The van der Waals surface area contributed by atoms with Crippen molar-refractivity contribution in [3.05, 3.63) is 99.9 Å². The molecule has 1 aliphatic carbocycles. The number of hydrogen-bond acceptors (Lipinski definition) is 10. The molecule has 0 spiro atoms. The lowest BCUT2D eigenvalue weighted by Crippen LogP contribution is -2.16. The van der Waals surface area contributed by atoms with Gasteiger partial charge in [0.2, 0.25) is 0 Å². The van der Waals surface area contributed by atoms with Crippen molar-refractivity contribution < 1.29 is 48.8 Å². The fraction of sp³-hybridized carbons (Fsp3) is 0.243. The van der Waals surface area contributed by atoms with Gasteiger partial charge in [-0.25, -0.2) is 14.6 Å². The molecule has 0 radical (unpaired) electrons. The largest absolute Gasteiger partial charge is 0.506 e. The summed E-state index contributed by atoms with van der Waals surface area (Å²) in [5.74, 6) is -3.44. The molecule has 0 atom stereocenters. The lowest BCUT2D eigenvalue weighted by Gasteiger charge is -2.09. The van der Waals surface area contributed by atoms with Crippen LogP contribution in [0.4, 0.5) is 0 Å². The summed E-state index contributed by atoms with van der Waals surface area (Å²) in [7, 11) is 0. The SMILES string of the molecule is CC(=O)O.CC(=O)O.CC1=C(C)C(=O)C(c2ccc3cccc(C)c3n2)C1=O.CC1=C(C)C(=O)OC1=O.Cc1ccc2cccc(O)c2n1. The molecule has 2 aromatic heterocycles. The van der Waals surface area contributed by atoms with Gasteiger partial charge >= 0.3 is 11.9 Å². The van der Waals surface area contributed by atoms with Crippen LogP contribution in [0.15, 0.2) is 83.0 Å². The summed E-state index contributed by atoms with van der Waals surface area (Å²) in [6, 6.07) is 18.9. The summed E-state index contributed by atoms with van der Waals surface area (Å²) < 4.78 is 4.23. The highest BCUT2D eigenvalue weighted by molar-refractivity contribution is 6.27. The number of para-hydroxylation sites is 2. The smallest absolute Gasteiger partial charge is 0.342 e. The molecule has 3 N–H and O–H groups in total. The Kier molecular flexibility index (Phi) is 13.7. The Labute approximate surface area is 282 Å². The Morgan fingerprint density at radius 1 is 0.612 bits per heavy atom. The molecule has 6 rings (SSSR count). The van der Waals surface area contributed by atoms with Crippen LogP contribution in [0.1, 0.15) is 64.4 Å². The molecular weight excluding hydrogens is 632 g/mol. The number of ether oxygens (including phenoxy) is 1. The highest BCUT2D eigenvalue weighted by atomic mass is 16.6. The first-order valence-corrected chi connectivity index (χ1v) is 14.9. The van der Waals surface area contributed by atoms with Crippen molar-refractivity contribution in [3.63, 3.8) is 0 Å². The molecular formula is C37H38N2O10. The topological polar surface area (TPSA) is 198 Å². The van der Waals surface area contributed by atoms with Crippen LogP contribution in [0.2, 0.25) is 0 Å². The number of esters is 2. The van der Waals surface area contributed by atoms with Crippen LogP contribution in [0.5, 0.6) is 5.75 Å².